The third kappa shape index (κ3) is 4.84. The average Bonchev–Trinajstić information content (AvgIpc) is 2.82. The van der Waals surface area contributed by atoms with Gasteiger partial charge in [-0.2, -0.15) is 0 Å². The van der Waals surface area contributed by atoms with Crippen molar-refractivity contribution in [2.45, 2.75) is 58.9 Å². The molecule has 21 heavy (non-hydrogen) atoms. The number of carboxylic acids is 1. The van der Waals surface area contributed by atoms with Crippen LogP contribution in [0.25, 0.3) is 0 Å². The lowest BCUT2D eigenvalue weighted by Crippen LogP contribution is -2.38. The molecule has 0 fully saturated rings. The van der Waals surface area contributed by atoms with Crippen LogP contribution in [0.4, 0.5) is 0 Å². The Hall–Kier alpha value is -1.92. The second-order valence-corrected chi connectivity index (χ2v) is 6.35. The highest BCUT2D eigenvalue weighted by molar-refractivity contribution is 5.90. The standard InChI is InChI=1S/C14H24N4O3/c1-9(2)18(8-6-7-10(19)20)12(21)11-15-13(17-16-11)14(3,4)5/h9H,6-8H2,1-5H3,(H,19,20)(H,15,16,17). The van der Waals surface area contributed by atoms with Gasteiger partial charge in [-0.05, 0) is 20.3 Å². The summed E-state index contributed by atoms with van der Waals surface area (Å²) in [5.74, 6) is -0.356. The van der Waals surface area contributed by atoms with E-state index >= 15 is 0 Å². The number of carboxylic acid groups (broad SMARTS) is 1. The van der Waals surface area contributed by atoms with E-state index in [0.29, 0.717) is 18.8 Å². The van der Waals surface area contributed by atoms with Crippen molar-refractivity contribution in [3.63, 3.8) is 0 Å². The van der Waals surface area contributed by atoms with E-state index in [2.05, 4.69) is 15.2 Å². The molecule has 7 nitrogen and oxygen atoms in total. The van der Waals surface area contributed by atoms with E-state index in [0.717, 1.165) is 0 Å². The number of nitrogens with zero attached hydrogens (tertiary/aromatic N) is 3. The number of carbonyl (C=O) groups is 2. The third-order valence-corrected chi connectivity index (χ3v) is 3.06. The first-order valence-corrected chi connectivity index (χ1v) is 7.08. The van der Waals surface area contributed by atoms with Crippen molar-refractivity contribution in [2.24, 2.45) is 0 Å². The number of carbonyl (C=O) groups excluding carboxylic acids is 1. The Morgan fingerprint density at radius 1 is 1.33 bits per heavy atom. The number of aromatic amines is 1. The lowest BCUT2D eigenvalue weighted by molar-refractivity contribution is -0.137. The van der Waals surface area contributed by atoms with Crippen LogP contribution in [-0.2, 0) is 10.2 Å². The molecule has 0 aliphatic rings. The van der Waals surface area contributed by atoms with E-state index in [4.69, 9.17) is 5.11 Å². The average molecular weight is 296 g/mol. The van der Waals surface area contributed by atoms with Crippen molar-refractivity contribution in [2.75, 3.05) is 6.54 Å². The zero-order chi connectivity index (χ0) is 16.2. The molecule has 0 bridgehead atoms. The van der Waals surface area contributed by atoms with Gasteiger partial charge in [0.05, 0.1) is 0 Å². The molecule has 0 saturated heterocycles. The number of amides is 1. The van der Waals surface area contributed by atoms with E-state index in [1.165, 1.54) is 0 Å². The summed E-state index contributed by atoms with van der Waals surface area (Å²) in [6.45, 7) is 10.1. The van der Waals surface area contributed by atoms with Crippen LogP contribution in [0.2, 0.25) is 0 Å². The van der Waals surface area contributed by atoms with Gasteiger partial charge < -0.3 is 10.0 Å². The van der Waals surface area contributed by atoms with Crippen LogP contribution in [0.1, 0.15) is 63.9 Å². The van der Waals surface area contributed by atoms with Crippen molar-refractivity contribution in [1.29, 1.82) is 0 Å². The highest BCUT2D eigenvalue weighted by Gasteiger charge is 2.25. The van der Waals surface area contributed by atoms with Gasteiger partial charge in [0, 0.05) is 24.4 Å². The molecule has 0 spiro atoms. The van der Waals surface area contributed by atoms with Crippen molar-refractivity contribution in [1.82, 2.24) is 20.1 Å². The maximum absolute atomic E-state index is 12.4. The Balaban J connectivity index is 2.81. The van der Waals surface area contributed by atoms with Crippen LogP contribution in [0.5, 0.6) is 0 Å². The van der Waals surface area contributed by atoms with Crippen LogP contribution < -0.4 is 0 Å². The first-order valence-electron chi connectivity index (χ1n) is 7.08. The molecule has 0 aliphatic carbocycles. The van der Waals surface area contributed by atoms with Gasteiger partial charge in [-0.25, -0.2) is 4.98 Å². The molecule has 1 amide bonds. The van der Waals surface area contributed by atoms with Crippen molar-refractivity contribution in [3.05, 3.63) is 11.6 Å². The smallest absolute Gasteiger partial charge is 0.303 e. The molecule has 1 rings (SSSR count). The topological polar surface area (TPSA) is 99.2 Å². The fraction of sp³-hybridized carbons (Fsp3) is 0.714. The SMILES string of the molecule is CC(C)N(CCCC(=O)O)C(=O)c1n[nH]c(C(C)(C)C)n1. The molecule has 0 atom stereocenters. The van der Waals surface area contributed by atoms with E-state index < -0.39 is 5.97 Å². The van der Waals surface area contributed by atoms with Crippen LogP contribution in [-0.4, -0.2) is 49.7 Å². The molecule has 2 N–H and O–H groups in total. The minimum atomic E-state index is -0.862. The first kappa shape index (κ1) is 17.1. The van der Waals surface area contributed by atoms with Gasteiger partial charge in [-0.3, -0.25) is 14.7 Å². The molecule has 7 heteroatoms. The summed E-state index contributed by atoms with van der Waals surface area (Å²) in [5.41, 5.74) is -0.211. The number of aliphatic carboxylic acids is 1. The van der Waals surface area contributed by atoms with Crippen LogP contribution >= 0.6 is 0 Å². The Labute approximate surface area is 124 Å². The molecule has 118 valence electrons. The minimum Gasteiger partial charge on any atom is -0.481 e. The minimum absolute atomic E-state index is 0.0390. The molecule has 0 unspecified atom stereocenters. The van der Waals surface area contributed by atoms with Gasteiger partial charge in [-0.1, -0.05) is 20.8 Å². The summed E-state index contributed by atoms with van der Waals surface area (Å²) in [6.07, 6.45) is 0.452. The molecular formula is C14H24N4O3. The van der Waals surface area contributed by atoms with Gasteiger partial charge in [-0.15, -0.1) is 5.10 Å². The largest absolute Gasteiger partial charge is 0.481 e. The zero-order valence-electron chi connectivity index (χ0n) is 13.3. The molecule has 0 radical (unpaired) electrons. The van der Waals surface area contributed by atoms with E-state index in [-0.39, 0.29) is 29.6 Å². The molecule has 0 aromatic carbocycles. The van der Waals surface area contributed by atoms with Crippen molar-refractivity contribution >= 4 is 11.9 Å². The highest BCUT2D eigenvalue weighted by Crippen LogP contribution is 2.18. The normalized spacial score (nSPS) is 11.7. The molecule has 1 aromatic heterocycles. The number of H-pyrrole nitrogens is 1. The van der Waals surface area contributed by atoms with Crippen molar-refractivity contribution in [3.8, 4) is 0 Å². The van der Waals surface area contributed by atoms with E-state index in [9.17, 15) is 9.59 Å². The predicted molar refractivity (Wildman–Crippen MR) is 78.1 cm³/mol. The summed E-state index contributed by atoms with van der Waals surface area (Å²) >= 11 is 0. The maximum atomic E-state index is 12.4. The Bertz CT molecular complexity index is 503. The predicted octanol–water partition coefficient (Wildman–Crippen LogP) is 1.82. The summed E-state index contributed by atoms with van der Waals surface area (Å²) in [4.78, 5) is 28.9. The fourth-order valence-corrected chi connectivity index (χ4v) is 1.82. The summed E-state index contributed by atoms with van der Waals surface area (Å²) in [6, 6.07) is -0.0390. The lowest BCUT2D eigenvalue weighted by atomic mass is 9.96. The Morgan fingerprint density at radius 3 is 2.38 bits per heavy atom. The van der Waals surface area contributed by atoms with Gasteiger partial charge >= 0.3 is 5.97 Å². The second kappa shape index (κ2) is 6.69. The molecule has 1 heterocycles. The van der Waals surface area contributed by atoms with Crippen LogP contribution in [0.3, 0.4) is 0 Å². The highest BCUT2D eigenvalue weighted by atomic mass is 16.4. The molecule has 0 aliphatic heterocycles. The van der Waals surface area contributed by atoms with Gasteiger partial charge in [0.15, 0.2) is 0 Å². The summed E-state index contributed by atoms with van der Waals surface area (Å²) in [5, 5.41) is 15.5. The number of nitrogens with one attached hydrogen (secondary N) is 1. The number of aromatic nitrogens is 3. The monoisotopic (exact) mass is 296 g/mol. The molecular weight excluding hydrogens is 272 g/mol. The van der Waals surface area contributed by atoms with Gasteiger partial charge in [0.25, 0.3) is 5.91 Å². The zero-order valence-corrected chi connectivity index (χ0v) is 13.3. The van der Waals surface area contributed by atoms with Gasteiger partial charge in [0.2, 0.25) is 5.82 Å². The quantitative estimate of drug-likeness (QED) is 0.834. The van der Waals surface area contributed by atoms with Crippen LogP contribution in [0, 0.1) is 0 Å². The first-order chi connectivity index (χ1) is 9.62. The lowest BCUT2D eigenvalue weighted by Gasteiger charge is -2.25. The number of rotatable bonds is 6. The second-order valence-electron chi connectivity index (χ2n) is 6.35. The van der Waals surface area contributed by atoms with E-state index in [1.807, 2.05) is 34.6 Å². The summed E-state index contributed by atoms with van der Waals surface area (Å²) in [7, 11) is 0. The number of hydrogen-bond donors (Lipinski definition) is 2. The van der Waals surface area contributed by atoms with Crippen molar-refractivity contribution < 1.29 is 14.7 Å². The molecule has 0 saturated carbocycles. The Kier molecular flexibility index (Phi) is 5.46. The summed E-state index contributed by atoms with van der Waals surface area (Å²) < 4.78 is 0. The number of hydrogen-bond acceptors (Lipinski definition) is 4. The third-order valence-electron chi connectivity index (χ3n) is 3.06. The molecule has 1 aromatic rings. The van der Waals surface area contributed by atoms with Crippen LogP contribution in [0.15, 0.2) is 0 Å². The Morgan fingerprint density at radius 2 is 1.95 bits per heavy atom. The fourth-order valence-electron chi connectivity index (χ4n) is 1.82. The maximum Gasteiger partial charge on any atom is 0.303 e. The van der Waals surface area contributed by atoms with Gasteiger partial charge in [0.1, 0.15) is 5.82 Å². The van der Waals surface area contributed by atoms with E-state index in [1.54, 1.807) is 4.90 Å².